The van der Waals surface area contributed by atoms with Gasteiger partial charge in [-0.1, -0.05) is 18.2 Å². The maximum absolute atomic E-state index is 14.5. The molecular weight excluding hydrogens is 536 g/mol. The molecule has 0 unspecified atom stereocenters. The van der Waals surface area contributed by atoms with Crippen LogP contribution in [-0.2, 0) is 22.6 Å². The molecule has 10 nitrogen and oxygen atoms in total. The average molecular weight is 571 g/mol. The molecule has 0 radical (unpaired) electrons. The summed E-state index contributed by atoms with van der Waals surface area (Å²) < 4.78 is 12.7. The highest BCUT2D eigenvalue weighted by Crippen LogP contribution is 2.39. The molecule has 2 aromatic carbocycles. The smallest absolute Gasteiger partial charge is 0.335 e. The van der Waals surface area contributed by atoms with Crippen molar-refractivity contribution in [1.29, 1.82) is 0 Å². The summed E-state index contributed by atoms with van der Waals surface area (Å²) in [5.74, 6) is 0.420. The van der Waals surface area contributed by atoms with E-state index in [-0.39, 0.29) is 30.4 Å². The summed E-state index contributed by atoms with van der Waals surface area (Å²) in [7, 11) is 1.54. The minimum absolute atomic E-state index is 0.00176. The predicted molar refractivity (Wildman–Crippen MR) is 156 cm³/mol. The molecule has 4 heterocycles. The number of nitrogens with zero attached hydrogens (tertiary/aromatic N) is 3. The minimum atomic E-state index is -1.57. The molecular formula is C32H34N4O6. The Morgan fingerprint density at radius 1 is 0.905 bits per heavy atom. The number of barbiturate groups is 1. The number of rotatable bonds is 8. The van der Waals surface area contributed by atoms with Gasteiger partial charge in [0.1, 0.15) is 16.9 Å². The number of fused-ring (bicyclic) bond motifs is 4. The number of nitrogens with one attached hydrogen (secondary N) is 1. The van der Waals surface area contributed by atoms with Crippen molar-refractivity contribution >= 4 is 23.5 Å². The fourth-order valence-electron chi connectivity index (χ4n) is 6.72. The molecule has 10 heteroatoms. The van der Waals surface area contributed by atoms with Crippen LogP contribution in [0.25, 0.3) is 0 Å². The first-order chi connectivity index (χ1) is 20.3. The van der Waals surface area contributed by atoms with E-state index in [4.69, 9.17) is 9.47 Å². The second kappa shape index (κ2) is 11.1. The molecule has 3 aromatic rings. The van der Waals surface area contributed by atoms with Crippen LogP contribution in [0, 0.1) is 11.3 Å². The molecule has 2 saturated heterocycles. The number of hydrogen-bond donors (Lipinski definition) is 1. The number of aromatic nitrogens is 1. The van der Waals surface area contributed by atoms with Gasteiger partial charge in [-0.25, -0.2) is 9.69 Å². The first-order valence-corrected chi connectivity index (χ1v) is 14.3. The summed E-state index contributed by atoms with van der Waals surface area (Å²) in [4.78, 5) is 57.2. The number of ether oxygens (including phenoxy) is 2. The number of imide groups is 2. The third-order valence-corrected chi connectivity index (χ3v) is 8.59. The zero-order valence-corrected chi connectivity index (χ0v) is 23.7. The van der Waals surface area contributed by atoms with Crippen molar-refractivity contribution in [3.63, 3.8) is 0 Å². The van der Waals surface area contributed by atoms with Gasteiger partial charge in [0, 0.05) is 43.9 Å². The number of benzene rings is 2. The van der Waals surface area contributed by atoms with Gasteiger partial charge in [0.15, 0.2) is 0 Å². The molecule has 2 fully saturated rings. The molecule has 2 bridgehead atoms. The Morgan fingerprint density at radius 2 is 1.64 bits per heavy atom. The van der Waals surface area contributed by atoms with E-state index in [0.29, 0.717) is 43.4 Å². The van der Waals surface area contributed by atoms with Crippen molar-refractivity contribution in [3.8, 4) is 11.5 Å². The molecule has 4 amide bonds. The Labute approximate surface area is 243 Å². The number of carbonyl (C=O) groups is 3. The molecule has 3 atom stereocenters. The lowest BCUT2D eigenvalue weighted by Crippen LogP contribution is -2.68. The van der Waals surface area contributed by atoms with Crippen molar-refractivity contribution in [1.82, 2.24) is 14.8 Å². The second-order valence-electron chi connectivity index (χ2n) is 11.3. The van der Waals surface area contributed by atoms with E-state index in [1.807, 2.05) is 41.8 Å². The maximum atomic E-state index is 14.5. The van der Waals surface area contributed by atoms with Gasteiger partial charge in [-0.05, 0) is 73.7 Å². The summed E-state index contributed by atoms with van der Waals surface area (Å²) in [5, 5.41) is 2.49. The van der Waals surface area contributed by atoms with Crippen LogP contribution in [0.2, 0.25) is 0 Å². The van der Waals surface area contributed by atoms with Crippen molar-refractivity contribution < 1.29 is 23.9 Å². The number of amides is 4. The third kappa shape index (κ3) is 4.96. The summed E-state index contributed by atoms with van der Waals surface area (Å²) in [6.07, 6.45) is 1.05. The second-order valence-corrected chi connectivity index (χ2v) is 11.3. The molecule has 0 aliphatic carbocycles. The number of carbonyl (C=O) groups excluding carboxylic acids is 3. The van der Waals surface area contributed by atoms with Gasteiger partial charge in [0.05, 0.1) is 19.4 Å². The Morgan fingerprint density at radius 3 is 2.36 bits per heavy atom. The van der Waals surface area contributed by atoms with E-state index in [2.05, 4.69) is 10.2 Å². The largest absolute Gasteiger partial charge is 0.497 e. The first-order valence-electron chi connectivity index (χ1n) is 14.3. The summed E-state index contributed by atoms with van der Waals surface area (Å²) in [5.41, 5.74) is 0.547. The normalized spacial score (nSPS) is 23.8. The lowest BCUT2D eigenvalue weighted by molar-refractivity contribution is -0.144. The van der Waals surface area contributed by atoms with Crippen LogP contribution in [0.4, 0.5) is 10.5 Å². The van der Waals surface area contributed by atoms with Crippen LogP contribution < -0.4 is 25.2 Å². The van der Waals surface area contributed by atoms with Crippen molar-refractivity contribution in [2.24, 2.45) is 11.3 Å². The van der Waals surface area contributed by atoms with Gasteiger partial charge in [-0.15, -0.1) is 0 Å². The highest BCUT2D eigenvalue weighted by Gasteiger charge is 2.55. The highest BCUT2D eigenvalue weighted by atomic mass is 16.5. The quantitative estimate of drug-likeness (QED) is 0.414. The van der Waals surface area contributed by atoms with E-state index >= 15 is 0 Å². The van der Waals surface area contributed by atoms with Gasteiger partial charge >= 0.3 is 6.03 Å². The van der Waals surface area contributed by atoms with Crippen LogP contribution in [0.15, 0.2) is 71.5 Å². The lowest BCUT2D eigenvalue weighted by Gasteiger charge is -2.47. The molecule has 6 rings (SSSR count). The summed E-state index contributed by atoms with van der Waals surface area (Å²) in [6.45, 7) is 4.40. The number of methoxy groups -OCH3 is 1. The van der Waals surface area contributed by atoms with E-state index in [1.165, 1.54) is 7.11 Å². The Balaban J connectivity index is 1.36. The zero-order chi connectivity index (χ0) is 29.4. The van der Waals surface area contributed by atoms with E-state index < -0.39 is 23.3 Å². The SMILES string of the molecule is CCOc1ccc(C[C@]2(CN3C[C@@H]4C[C@H](C3)c3cccc(=O)n3C4)C(=O)NC(=O)N(c3ccc(OC)cc3)C2=O)cc1. The number of piperidine rings is 1. The number of anilines is 1. The monoisotopic (exact) mass is 570 g/mol. The molecule has 218 valence electrons. The maximum Gasteiger partial charge on any atom is 0.335 e. The van der Waals surface area contributed by atoms with E-state index in [9.17, 15) is 19.2 Å². The summed E-state index contributed by atoms with van der Waals surface area (Å²) >= 11 is 0. The topological polar surface area (TPSA) is 110 Å². The standard InChI is InChI=1S/C32H34N4O6/c1-3-42-26-11-7-21(8-12-26)16-32(20-34-17-22-15-23(19-34)27-5-4-6-28(37)35(27)18-22)29(38)33-31(40)36(30(32)39)24-9-13-25(41-2)14-10-24/h4-14,22-23H,3,15-20H2,1-2H3,(H,33,38,40)/t22-,23+,32-/m0/s1. The van der Waals surface area contributed by atoms with E-state index in [1.54, 1.807) is 36.4 Å². The predicted octanol–water partition coefficient (Wildman–Crippen LogP) is 3.19. The van der Waals surface area contributed by atoms with Crippen LogP contribution in [0.1, 0.15) is 30.5 Å². The third-order valence-electron chi connectivity index (χ3n) is 8.59. The molecule has 0 saturated carbocycles. The number of hydrogen-bond acceptors (Lipinski definition) is 7. The molecule has 3 aliphatic heterocycles. The zero-order valence-electron chi connectivity index (χ0n) is 23.7. The van der Waals surface area contributed by atoms with Crippen molar-refractivity contribution in [3.05, 3.63) is 88.3 Å². The van der Waals surface area contributed by atoms with Gasteiger partial charge in [0.2, 0.25) is 5.91 Å². The number of likely N-dealkylation sites (tertiary alicyclic amines) is 1. The van der Waals surface area contributed by atoms with Gasteiger partial charge < -0.3 is 18.9 Å². The highest BCUT2D eigenvalue weighted by molar-refractivity contribution is 6.30. The van der Waals surface area contributed by atoms with Gasteiger partial charge in [-0.2, -0.15) is 0 Å². The van der Waals surface area contributed by atoms with Crippen LogP contribution >= 0.6 is 0 Å². The fourth-order valence-corrected chi connectivity index (χ4v) is 6.72. The van der Waals surface area contributed by atoms with Crippen LogP contribution in [-0.4, -0.2) is 60.7 Å². The van der Waals surface area contributed by atoms with Crippen LogP contribution in [0.3, 0.4) is 0 Å². The van der Waals surface area contributed by atoms with Gasteiger partial charge in [-0.3, -0.25) is 19.7 Å². The number of pyridine rings is 1. The Bertz CT molecular complexity index is 1570. The van der Waals surface area contributed by atoms with Crippen molar-refractivity contribution in [2.45, 2.75) is 32.2 Å². The average Bonchev–Trinajstić information content (AvgIpc) is 2.98. The fraction of sp³-hybridized carbons (Fsp3) is 0.375. The van der Waals surface area contributed by atoms with Gasteiger partial charge in [0.25, 0.3) is 11.5 Å². The van der Waals surface area contributed by atoms with E-state index in [0.717, 1.165) is 22.6 Å². The molecule has 3 aliphatic rings. The summed E-state index contributed by atoms with van der Waals surface area (Å²) in [6, 6.07) is 18.6. The number of urea groups is 1. The molecule has 1 aromatic heterocycles. The molecule has 1 N–H and O–H groups in total. The van der Waals surface area contributed by atoms with Crippen LogP contribution in [0.5, 0.6) is 11.5 Å². The van der Waals surface area contributed by atoms with Crippen molar-refractivity contribution in [2.75, 3.05) is 38.3 Å². The minimum Gasteiger partial charge on any atom is -0.497 e. The first kappa shape index (κ1) is 27.7. The Kier molecular flexibility index (Phi) is 7.32. The Hall–Kier alpha value is -4.44. The molecule has 0 spiro atoms. The lowest BCUT2D eigenvalue weighted by atomic mass is 9.75. The molecule has 42 heavy (non-hydrogen) atoms.